The zero-order chi connectivity index (χ0) is 32.2. The van der Waals surface area contributed by atoms with Gasteiger partial charge in [0.05, 0.1) is 5.25 Å². The molecule has 0 amide bonds. The Morgan fingerprint density at radius 2 is 1.05 bits per heavy atom. The molecule has 2 N–H and O–H groups in total. The number of unbranched alkanes of at least 4 members (excludes halogenated alkanes) is 12. The van der Waals surface area contributed by atoms with Gasteiger partial charge in [0.1, 0.15) is 0 Å². The molecule has 2 atom stereocenters. The van der Waals surface area contributed by atoms with Crippen molar-refractivity contribution < 1.29 is 24.5 Å². The maximum absolute atomic E-state index is 10.8. The molecule has 0 aliphatic heterocycles. The van der Waals surface area contributed by atoms with Gasteiger partial charge < -0.3 is 14.9 Å². The number of thioether (sulfide) groups is 1. The zero-order valence-electron chi connectivity index (χ0n) is 28.2. The van der Waals surface area contributed by atoms with E-state index in [1.54, 1.807) is 18.7 Å². The number of aliphatic carboxylic acids is 2. The summed E-state index contributed by atoms with van der Waals surface area (Å²) < 4.78 is 5.33. The molecule has 0 fully saturated rings. The molecule has 0 aromatic rings. The molecular weight excluding hydrogens is 556 g/mol. The molecule has 6 heteroatoms. The van der Waals surface area contributed by atoms with Crippen LogP contribution in [0.3, 0.4) is 0 Å². The van der Waals surface area contributed by atoms with Gasteiger partial charge in [-0.2, -0.15) is 0 Å². The fourth-order valence-electron chi connectivity index (χ4n) is 4.04. The summed E-state index contributed by atoms with van der Waals surface area (Å²) in [6.45, 7) is 8.60. The van der Waals surface area contributed by atoms with Gasteiger partial charge in [0.2, 0.25) is 0 Å². The minimum Gasteiger partial charge on any atom is -0.480 e. The average molecular weight is 623 g/mol. The Kier molecular flexibility index (Phi) is 36.7. The summed E-state index contributed by atoms with van der Waals surface area (Å²) in [6.07, 6.45) is 39.3. The number of carboxylic acid groups (broad SMARTS) is 2. The molecule has 0 bridgehead atoms. The lowest BCUT2D eigenvalue weighted by Crippen LogP contribution is -2.23. The molecule has 0 aromatic carbocycles. The zero-order valence-corrected chi connectivity index (χ0v) is 29.0. The van der Waals surface area contributed by atoms with Gasteiger partial charge in [-0.15, -0.1) is 11.8 Å². The van der Waals surface area contributed by atoms with Gasteiger partial charge in [0.25, 0.3) is 0 Å². The van der Waals surface area contributed by atoms with Crippen molar-refractivity contribution in [2.24, 2.45) is 0 Å². The molecule has 2 unspecified atom stereocenters. The normalized spacial score (nSPS) is 13.2. The van der Waals surface area contributed by atoms with Gasteiger partial charge in [-0.05, 0) is 96.1 Å². The van der Waals surface area contributed by atoms with E-state index in [2.05, 4.69) is 62.5 Å². The number of allylic oxidation sites excluding steroid dienone is 8. The molecular formula is C37H66O5S. The van der Waals surface area contributed by atoms with Crippen molar-refractivity contribution in [2.45, 2.75) is 161 Å². The summed E-state index contributed by atoms with van der Waals surface area (Å²) in [7, 11) is 0. The number of hydrogen-bond donors (Lipinski definition) is 2. The van der Waals surface area contributed by atoms with Crippen LogP contribution in [0.15, 0.2) is 48.6 Å². The van der Waals surface area contributed by atoms with Crippen LogP contribution in [-0.4, -0.2) is 45.9 Å². The number of ether oxygens (including phenoxy) is 1. The van der Waals surface area contributed by atoms with Crippen molar-refractivity contribution in [1.82, 2.24) is 0 Å². The van der Waals surface area contributed by atoms with Gasteiger partial charge in [-0.25, -0.2) is 4.79 Å². The molecule has 0 aliphatic carbocycles. The maximum atomic E-state index is 10.8. The van der Waals surface area contributed by atoms with Gasteiger partial charge in [0, 0.05) is 6.61 Å². The van der Waals surface area contributed by atoms with E-state index in [1.165, 1.54) is 64.2 Å². The fraction of sp³-hybridized carbons (Fsp3) is 0.730. The second kappa shape index (κ2) is 36.4. The van der Waals surface area contributed by atoms with Crippen molar-refractivity contribution in [3.05, 3.63) is 48.6 Å². The lowest BCUT2D eigenvalue weighted by molar-refractivity contribution is -0.150. The summed E-state index contributed by atoms with van der Waals surface area (Å²) in [6, 6.07) is 0. The first-order chi connectivity index (χ1) is 20.9. The van der Waals surface area contributed by atoms with Crippen molar-refractivity contribution in [3.8, 4) is 0 Å². The maximum Gasteiger partial charge on any atom is 0.332 e. The predicted molar refractivity (Wildman–Crippen MR) is 188 cm³/mol. The molecule has 0 radical (unpaired) electrons. The van der Waals surface area contributed by atoms with Crippen LogP contribution in [0.2, 0.25) is 0 Å². The van der Waals surface area contributed by atoms with Crippen LogP contribution in [0.4, 0.5) is 0 Å². The standard InChI is InChI=1S/C19H34O3.C18H32O2S/c1-3-5-6-7-8-9-10-11-12-13-14-15-16-17-22-18(4-2)19(20)21;1-3-4-5-6-7-8-9-10-11-12-13-14-15-16-21-17(2)18(19)20/h8-9,11-12,18H,3-7,10,13-17H2,1-2H3,(H,20,21);7-8,10-11,17H,3-6,9,12-16H2,1-2H3,(H,19,20)/b9-8-,12-11-;8-7-,11-10-. The Labute approximate surface area is 269 Å². The molecule has 0 rings (SSSR count). The summed E-state index contributed by atoms with van der Waals surface area (Å²) in [5.41, 5.74) is 0. The average Bonchev–Trinajstić information content (AvgIpc) is 2.99. The SMILES string of the molecule is CCCCC/C=C\C/C=C\CCCCCOC(CC)C(=O)O.CCCCC/C=C\C/C=C\CCCCCSC(C)C(=O)O. The second-order valence-corrected chi connectivity index (χ2v) is 12.5. The molecule has 0 spiro atoms. The van der Waals surface area contributed by atoms with E-state index in [0.717, 1.165) is 57.1 Å². The van der Waals surface area contributed by atoms with E-state index < -0.39 is 18.0 Å². The van der Waals surface area contributed by atoms with Crippen LogP contribution in [0.1, 0.15) is 150 Å². The summed E-state index contributed by atoms with van der Waals surface area (Å²) in [5, 5.41) is 17.3. The van der Waals surface area contributed by atoms with Gasteiger partial charge in [-0.1, -0.05) is 108 Å². The fourth-order valence-corrected chi connectivity index (χ4v) is 4.91. The first kappa shape index (κ1) is 43.3. The van der Waals surface area contributed by atoms with Gasteiger partial charge in [-0.3, -0.25) is 4.79 Å². The molecule has 0 heterocycles. The third kappa shape index (κ3) is 36.3. The van der Waals surface area contributed by atoms with E-state index in [-0.39, 0.29) is 5.25 Å². The minimum absolute atomic E-state index is 0.269. The number of carboxylic acids is 2. The molecule has 43 heavy (non-hydrogen) atoms. The largest absolute Gasteiger partial charge is 0.480 e. The Hall–Kier alpha value is -1.79. The number of hydrogen-bond acceptors (Lipinski definition) is 4. The van der Waals surface area contributed by atoms with Crippen LogP contribution in [0.5, 0.6) is 0 Å². The van der Waals surface area contributed by atoms with Crippen molar-refractivity contribution in [1.29, 1.82) is 0 Å². The van der Waals surface area contributed by atoms with Crippen molar-refractivity contribution in [3.63, 3.8) is 0 Å². The van der Waals surface area contributed by atoms with Crippen LogP contribution in [-0.2, 0) is 14.3 Å². The van der Waals surface area contributed by atoms with Gasteiger partial charge in [0.15, 0.2) is 6.10 Å². The van der Waals surface area contributed by atoms with Crippen molar-refractivity contribution >= 4 is 23.7 Å². The van der Waals surface area contributed by atoms with Crippen LogP contribution < -0.4 is 0 Å². The lowest BCUT2D eigenvalue weighted by Gasteiger charge is -2.10. The highest BCUT2D eigenvalue weighted by Gasteiger charge is 2.14. The Morgan fingerprint density at radius 1 is 0.605 bits per heavy atom. The van der Waals surface area contributed by atoms with Crippen LogP contribution >= 0.6 is 11.8 Å². The quantitative estimate of drug-likeness (QED) is 0.0638. The molecule has 0 aromatic heterocycles. The summed E-state index contributed by atoms with van der Waals surface area (Å²) in [5.74, 6) is -0.601. The van der Waals surface area contributed by atoms with Crippen molar-refractivity contribution in [2.75, 3.05) is 12.4 Å². The Bertz CT molecular complexity index is 729. The predicted octanol–water partition coefficient (Wildman–Crippen LogP) is 11.3. The minimum atomic E-state index is -0.854. The molecule has 250 valence electrons. The highest BCUT2D eigenvalue weighted by atomic mass is 32.2. The van der Waals surface area contributed by atoms with E-state index in [4.69, 9.17) is 14.9 Å². The Morgan fingerprint density at radius 3 is 1.44 bits per heavy atom. The van der Waals surface area contributed by atoms with E-state index in [0.29, 0.717) is 13.0 Å². The van der Waals surface area contributed by atoms with Crippen LogP contribution in [0.25, 0.3) is 0 Å². The van der Waals surface area contributed by atoms with E-state index >= 15 is 0 Å². The lowest BCUT2D eigenvalue weighted by atomic mass is 10.1. The molecule has 0 aliphatic rings. The smallest absolute Gasteiger partial charge is 0.332 e. The third-order valence-corrected chi connectivity index (χ3v) is 8.10. The topological polar surface area (TPSA) is 83.8 Å². The monoisotopic (exact) mass is 622 g/mol. The Balaban J connectivity index is 0. The first-order valence-corrected chi connectivity index (χ1v) is 18.2. The van der Waals surface area contributed by atoms with Gasteiger partial charge >= 0.3 is 11.9 Å². The summed E-state index contributed by atoms with van der Waals surface area (Å²) >= 11 is 1.54. The first-order valence-electron chi connectivity index (χ1n) is 17.2. The van der Waals surface area contributed by atoms with Crippen LogP contribution in [0, 0.1) is 0 Å². The second-order valence-electron chi connectivity index (χ2n) is 11.0. The number of carbonyl (C=O) groups is 2. The van der Waals surface area contributed by atoms with E-state index in [9.17, 15) is 9.59 Å². The highest BCUT2D eigenvalue weighted by molar-refractivity contribution is 8.00. The van der Waals surface area contributed by atoms with E-state index in [1.807, 2.05) is 6.92 Å². The highest BCUT2D eigenvalue weighted by Crippen LogP contribution is 2.14. The molecule has 0 saturated carbocycles. The molecule has 5 nitrogen and oxygen atoms in total. The molecule has 0 saturated heterocycles. The summed E-state index contributed by atoms with van der Waals surface area (Å²) in [4.78, 5) is 21.4. The number of rotatable bonds is 29. The third-order valence-electron chi connectivity index (χ3n) is 6.87.